The van der Waals surface area contributed by atoms with Crippen LogP contribution in [0.15, 0.2) is 12.2 Å². The number of aliphatic hydroxyl groups is 3. The van der Waals surface area contributed by atoms with Crippen LogP contribution in [0.1, 0.15) is 26.7 Å². The second-order valence-corrected chi connectivity index (χ2v) is 4.67. The molecule has 0 aromatic heterocycles. The fourth-order valence-electron chi connectivity index (χ4n) is 1.72. The summed E-state index contributed by atoms with van der Waals surface area (Å²) in [7, 11) is 0. The summed E-state index contributed by atoms with van der Waals surface area (Å²) in [6.45, 7) is 3.61. The van der Waals surface area contributed by atoms with Gasteiger partial charge in [0.05, 0.1) is 6.10 Å². The molecule has 0 bridgehead atoms. The van der Waals surface area contributed by atoms with Gasteiger partial charge in [0.15, 0.2) is 0 Å². The monoisotopic (exact) mass is 244 g/mol. The normalized spacial score (nSPS) is 35.8. The zero-order valence-electron chi connectivity index (χ0n) is 10.1. The summed E-state index contributed by atoms with van der Waals surface area (Å²) < 4.78 is 5.13. The van der Waals surface area contributed by atoms with Crippen molar-refractivity contribution in [2.24, 2.45) is 5.92 Å². The molecule has 0 spiro atoms. The number of carbonyl (C=O) groups is 1. The van der Waals surface area contributed by atoms with E-state index in [1.54, 1.807) is 13.8 Å². The lowest BCUT2D eigenvalue weighted by molar-refractivity contribution is -0.163. The zero-order valence-corrected chi connectivity index (χ0v) is 10.1. The third-order valence-corrected chi connectivity index (χ3v) is 2.79. The van der Waals surface area contributed by atoms with Gasteiger partial charge in [0.25, 0.3) is 0 Å². The zero-order chi connectivity index (χ0) is 13.0. The van der Waals surface area contributed by atoms with E-state index in [4.69, 9.17) is 4.74 Å². The van der Waals surface area contributed by atoms with Crippen LogP contribution >= 0.6 is 0 Å². The highest BCUT2D eigenvalue weighted by Crippen LogP contribution is 2.18. The Labute approximate surface area is 101 Å². The van der Waals surface area contributed by atoms with E-state index in [1.807, 2.05) is 0 Å². The van der Waals surface area contributed by atoms with Gasteiger partial charge in [-0.05, 0) is 12.3 Å². The summed E-state index contributed by atoms with van der Waals surface area (Å²) in [4.78, 5) is 11.5. The summed E-state index contributed by atoms with van der Waals surface area (Å²) in [5.74, 6) is -0.564. The molecule has 0 aromatic carbocycles. The number of rotatable bonds is 1. The van der Waals surface area contributed by atoms with Crippen molar-refractivity contribution in [2.75, 3.05) is 0 Å². The van der Waals surface area contributed by atoms with Gasteiger partial charge in [0.2, 0.25) is 0 Å². The number of cyclic esters (lactones) is 1. The Kier molecular flexibility index (Phi) is 5.11. The van der Waals surface area contributed by atoms with Crippen LogP contribution in [-0.2, 0) is 9.53 Å². The van der Waals surface area contributed by atoms with Gasteiger partial charge >= 0.3 is 5.97 Å². The molecule has 0 amide bonds. The highest BCUT2D eigenvalue weighted by molar-refractivity contribution is 5.69. The summed E-state index contributed by atoms with van der Waals surface area (Å²) in [5.41, 5.74) is 0. The van der Waals surface area contributed by atoms with Crippen LogP contribution in [-0.4, -0.2) is 45.7 Å². The number of hydrogen-bond donors (Lipinski definition) is 3. The van der Waals surface area contributed by atoms with Gasteiger partial charge < -0.3 is 20.1 Å². The van der Waals surface area contributed by atoms with Crippen molar-refractivity contribution >= 4 is 5.97 Å². The Morgan fingerprint density at radius 3 is 2.53 bits per heavy atom. The summed E-state index contributed by atoms with van der Waals surface area (Å²) in [5, 5.41) is 29.0. The van der Waals surface area contributed by atoms with Gasteiger partial charge in [-0.15, -0.1) is 0 Å². The maximum atomic E-state index is 11.5. The first-order chi connectivity index (χ1) is 7.91. The number of ether oxygens (including phenoxy) is 1. The van der Waals surface area contributed by atoms with E-state index < -0.39 is 30.4 Å². The molecule has 0 aliphatic carbocycles. The molecule has 0 saturated heterocycles. The van der Waals surface area contributed by atoms with Gasteiger partial charge in [0, 0.05) is 6.42 Å². The molecule has 0 radical (unpaired) electrons. The van der Waals surface area contributed by atoms with Crippen molar-refractivity contribution < 1.29 is 24.9 Å². The Bertz CT molecular complexity index is 287. The first-order valence-electron chi connectivity index (χ1n) is 5.84. The molecule has 5 nitrogen and oxygen atoms in total. The largest absolute Gasteiger partial charge is 0.459 e. The van der Waals surface area contributed by atoms with Gasteiger partial charge in [0.1, 0.15) is 18.3 Å². The first-order valence-corrected chi connectivity index (χ1v) is 5.84. The maximum Gasteiger partial charge on any atom is 0.306 e. The molecule has 1 heterocycles. The highest BCUT2D eigenvalue weighted by Gasteiger charge is 2.31. The van der Waals surface area contributed by atoms with E-state index in [9.17, 15) is 20.1 Å². The Morgan fingerprint density at radius 2 is 1.94 bits per heavy atom. The minimum Gasteiger partial charge on any atom is -0.459 e. The first kappa shape index (κ1) is 14.2. The van der Waals surface area contributed by atoms with Crippen molar-refractivity contribution in [1.29, 1.82) is 0 Å². The predicted molar refractivity (Wildman–Crippen MR) is 61.1 cm³/mol. The summed E-state index contributed by atoms with van der Waals surface area (Å²) in [6.07, 6.45) is -0.797. The lowest BCUT2D eigenvalue weighted by Gasteiger charge is -2.29. The molecule has 5 heteroatoms. The second kappa shape index (κ2) is 6.14. The molecule has 1 rings (SSSR count). The van der Waals surface area contributed by atoms with Gasteiger partial charge in [-0.3, -0.25) is 4.79 Å². The van der Waals surface area contributed by atoms with E-state index >= 15 is 0 Å². The number of esters is 1. The van der Waals surface area contributed by atoms with E-state index in [1.165, 1.54) is 12.2 Å². The lowest BCUT2D eigenvalue weighted by Crippen LogP contribution is -2.43. The standard InChI is InChI=1S/C12H20O5/c1-7(2)12-11(16)9(14)5-3-8(13)4-6-10(15)17-12/h3,5,7-9,11-14,16H,4,6H2,1-2H3. The second-order valence-electron chi connectivity index (χ2n) is 4.67. The molecule has 3 N–H and O–H groups in total. The molecule has 1 aliphatic heterocycles. The quantitative estimate of drug-likeness (QED) is 0.446. The Morgan fingerprint density at radius 1 is 1.29 bits per heavy atom. The minimum atomic E-state index is -1.18. The van der Waals surface area contributed by atoms with Crippen LogP contribution in [0.5, 0.6) is 0 Å². The molecule has 17 heavy (non-hydrogen) atoms. The van der Waals surface area contributed by atoms with Crippen molar-refractivity contribution in [1.82, 2.24) is 0 Å². The minimum absolute atomic E-state index is 0.0948. The van der Waals surface area contributed by atoms with Crippen LogP contribution in [0.4, 0.5) is 0 Å². The molecule has 98 valence electrons. The fourth-order valence-corrected chi connectivity index (χ4v) is 1.72. The maximum absolute atomic E-state index is 11.5. The van der Waals surface area contributed by atoms with Crippen molar-refractivity contribution in [3.63, 3.8) is 0 Å². The number of aliphatic hydroxyl groups excluding tert-OH is 3. The SMILES string of the molecule is CC(C)C1OC(=O)CCC(O)C=CC(O)C1O. The smallest absolute Gasteiger partial charge is 0.306 e. The van der Waals surface area contributed by atoms with E-state index in [-0.39, 0.29) is 18.8 Å². The average Bonchev–Trinajstić information content (AvgIpc) is 2.28. The topological polar surface area (TPSA) is 87.0 Å². The summed E-state index contributed by atoms with van der Waals surface area (Å²) in [6, 6.07) is 0. The molecule has 0 fully saturated rings. The fraction of sp³-hybridized carbons (Fsp3) is 0.750. The number of hydrogen-bond acceptors (Lipinski definition) is 5. The van der Waals surface area contributed by atoms with Gasteiger partial charge in [-0.2, -0.15) is 0 Å². The van der Waals surface area contributed by atoms with Crippen LogP contribution in [0, 0.1) is 5.92 Å². The lowest BCUT2D eigenvalue weighted by atomic mass is 9.96. The molecular weight excluding hydrogens is 224 g/mol. The molecule has 1 aliphatic rings. The van der Waals surface area contributed by atoms with Gasteiger partial charge in [-0.1, -0.05) is 26.0 Å². The van der Waals surface area contributed by atoms with E-state index in [0.29, 0.717) is 0 Å². The molecule has 4 unspecified atom stereocenters. The van der Waals surface area contributed by atoms with Crippen molar-refractivity contribution in [2.45, 2.75) is 51.1 Å². The van der Waals surface area contributed by atoms with Crippen LogP contribution in [0.2, 0.25) is 0 Å². The van der Waals surface area contributed by atoms with Crippen molar-refractivity contribution in [3.05, 3.63) is 12.2 Å². The number of carbonyl (C=O) groups excluding carboxylic acids is 1. The third kappa shape index (κ3) is 4.11. The summed E-state index contributed by atoms with van der Waals surface area (Å²) >= 11 is 0. The highest BCUT2D eigenvalue weighted by atomic mass is 16.6. The third-order valence-electron chi connectivity index (χ3n) is 2.79. The average molecular weight is 244 g/mol. The molecular formula is C12H20O5. The van der Waals surface area contributed by atoms with E-state index in [2.05, 4.69) is 0 Å². The van der Waals surface area contributed by atoms with E-state index in [0.717, 1.165) is 0 Å². The van der Waals surface area contributed by atoms with Crippen LogP contribution in [0.3, 0.4) is 0 Å². The molecule has 0 aromatic rings. The van der Waals surface area contributed by atoms with Gasteiger partial charge in [-0.25, -0.2) is 0 Å². The Hall–Kier alpha value is -0.910. The predicted octanol–water partition coefficient (Wildman–Crippen LogP) is -0.0131. The molecule has 4 atom stereocenters. The van der Waals surface area contributed by atoms with Crippen LogP contribution in [0.25, 0.3) is 0 Å². The molecule has 0 saturated carbocycles. The Balaban J connectivity index is 2.86. The van der Waals surface area contributed by atoms with Crippen molar-refractivity contribution in [3.8, 4) is 0 Å². The van der Waals surface area contributed by atoms with Crippen LogP contribution < -0.4 is 0 Å².